The first-order chi connectivity index (χ1) is 16.2. The van der Waals surface area contributed by atoms with Crippen molar-refractivity contribution in [2.75, 3.05) is 36.1 Å². The molecule has 4 heterocycles. The Balaban J connectivity index is 0.000000240. The molecule has 0 atom stereocenters. The van der Waals surface area contributed by atoms with E-state index in [-0.39, 0.29) is 54.0 Å². The van der Waals surface area contributed by atoms with Gasteiger partial charge in [-0.1, -0.05) is 0 Å². The predicted molar refractivity (Wildman–Crippen MR) is 125 cm³/mol. The number of esters is 2. The normalized spacial score (nSPS) is 10.3. The van der Waals surface area contributed by atoms with Crippen LogP contribution in [0.5, 0.6) is 0 Å². The van der Waals surface area contributed by atoms with Gasteiger partial charge in [-0.3, -0.25) is 9.59 Å². The Hall–Kier alpha value is -4.80. The minimum atomic E-state index is -0.373. The third kappa shape index (κ3) is 6.16. The summed E-state index contributed by atoms with van der Waals surface area (Å²) in [4.78, 5) is 46.3. The van der Waals surface area contributed by atoms with Crippen molar-refractivity contribution in [2.45, 2.75) is 26.9 Å². The first-order valence-corrected chi connectivity index (χ1v) is 10.0. The van der Waals surface area contributed by atoms with E-state index >= 15 is 0 Å². The molecule has 10 N–H and O–H groups in total. The number of nitrogens with zero attached hydrogens (tertiary/aromatic N) is 8. The number of imidazole rings is 2. The van der Waals surface area contributed by atoms with Crippen LogP contribution in [0.15, 0.2) is 12.7 Å². The quantitative estimate of drug-likeness (QED) is 0.219. The number of fused-ring (bicyclic) bond motifs is 2. The summed E-state index contributed by atoms with van der Waals surface area (Å²) < 4.78 is 12.7. The number of hydrogen-bond donors (Lipinski definition) is 4. The molecular formula is C18H26N12O5. The molecule has 4 aromatic heterocycles. The first-order valence-electron chi connectivity index (χ1n) is 10.0. The summed E-state index contributed by atoms with van der Waals surface area (Å²) in [5.74, 6) is -0.281. The average molecular weight is 490 g/mol. The van der Waals surface area contributed by atoms with E-state index in [0.29, 0.717) is 35.5 Å². The Morgan fingerprint density at radius 1 is 0.743 bits per heavy atom. The van der Waals surface area contributed by atoms with Gasteiger partial charge in [0.15, 0.2) is 22.9 Å². The molecule has 0 unspecified atom stereocenters. The van der Waals surface area contributed by atoms with Crippen LogP contribution in [0.4, 0.5) is 23.5 Å². The van der Waals surface area contributed by atoms with E-state index in [0.717, 1.165) is 0 Å². The largest absolute Gasteiger partial charge is 0.465 e. The molecule has 4 rings (SSSR count). The zero-order valence-corrected chi connectivity index (χ0v) is 19.0. The highest BCUT2D eigenvalue weighted by Crippen LogP contribution is 2.17. The van der Waals surface area contributed by atoms with Gasteiger partial charge >= 0.3 is 11.9 Å². The molecule has 0 amide bonds. The van der Waals surface area contributed by atoms with Crippen LogP contribution in [0.25, 0.3) is 22.3 Å². The Morgan fingerprint density at radius 2 is 1.11 bits per heavy atom. The van der Waals surface area contributed by atoms with E-state index in [9.17, 15) is 9.59 Å². The van der Waals surface area contributed by atoms with Crippen molar-refractivity contribution in [1.82, 2.24) is 39.0 Å². The molecule has 0 saturated carbocycles. The molecular weight excluding hydrogens is 464 g/mol. The van der Waals surface area contributed by atoms with Gasteiger partial charge < -0.3 is 47.0 Å². The van der Waals surface area contributed by atoms with Crippen LogP contribution in [0.2, 0.25) is 0 Å². The Labute approximate surface area is 197 Å². The van der Waals surface area contributed by atoms with Crippen LogP contribution >= 0.6 is 0 Å². The van der Waals surface area contributed by atoms with Crippen LogP contribution in [0.3, 0.4) is 0 Å². The second kappa shape index (κ2) is 11.4. The molecule has 35 heavy (non-hydrogen) atoms. The van der Waals surface area contributed by atoms with Crippen molar-refractivity contribution in [3.63, 3.8) is 0 Å². The number of ether oxygens (including phenoxy) is 2. The second-order valence-corrected chi connectivity index (χ2v) is 6.63. The third-order valence-corrected chi connectivity index (χ3v) is 4.23. The molecule has 17 nitrogen and oxygen atoms in total. The van der Waals surface area contributed by atoms with Gasteiger partial charge in [0.1, 0.15) is 24.1 Å². The van der Waals surface area contributed by atoms with Crippen molar-refractivity contribution >= 4 is 57.8 Å². The Kier molecular flexibility index (Phi) is 8.59. The molecule has 0 bridgehead atoms. The van der Waals surface area contributed by atoms with Crippen LogP contribution in [0.1, 0.15) is 13.8 Å². The van der Waals surface area contributed by atoms with E-state index in [2.05, 4.69) is 29.9 Å². The zero-order chi connectivity index (χ0) is 24.8. The molecule has 17 heteroatoms. The molecule has 0 aliphatic rings. The molecule has 0 radical (unpaired) electrons. The minimum Gasteiger partial charge on any atom is -0.465 e. The number of anilines is 4. The fraction of sp³-hybridized carbons (Fsp3) is 0.333. The maximum atomic E-state index is 11.3. The third-order valence-electron chi connectivity index (χ3n) is 4.23. The number of hydrogen-bond acceptors (Lipinski definition) is 14. The van der Waals surface area contributed by atoms with Gasteiger partial charge in [0.2, 0.25) is 11.9 Å². The summed E-state index contributed by atoms with van der Waals surface area (Å²) >= 11 is 0. The smallest absolute Gasteiger partial charge is 0.326 e. The number of aromatic nitrogens is 8. The van der Waals surface area contributed by atoms with E-state index in [1.54, 1.807) is 13.8 Å². The monoisotopic (exact) mass is 490 g/mol. The summed E-state index contributed by atoms with van der Waals surface area (Å²) in [6.45, 7) is 4.15. The summed E-state index contributed by atoms with van der Waals surface area (Å²) in [6, 6.07) is 0. The van der Waals surface area contributed by atoms with E-state index in [1.807, 2.05) is 0 Å². The fourth-order valence-corrected chi connectivity index (χ4v) is 2.89. The van der Waals surface area contributed by atoms with Crippen LogP contribution in [0, 0.1) is 0 Å². The molecule has 0 spiro atoms. The molecule has 0 aliphatic heterocycles. The van der Waals surface area contributed by atoms with Gasteiger partial charge in [0.25, 0.3) is 0 Å². The number of nitrogens with two attached hydrogens (primary N) is 4. The fourth-order valence-electron chi connectivity index (χ4n) is 2.89. The summed E-state index contributed by atoms with van der Waals surface area (Å²) in [5, 5.41) is 0. The van der Waals surface area contributed by atoms with Gasteiger partial charge in [0.05, 0.1) is 25.9 Å². The average Bonchev–Trinajstić information content (AvgIpc) is 3.34. The van der Waals surface area contributed by atoms with Crippen molar-refractivity contribution in [3.05, 3.63) is 12.7 Å². The SMILES string of the molecule is CCOC(=O)Cn1cnc2c(N)nc(N)nc21.CCOC(=O)Cn1cnc2c(N)nc(N)nc21.O. The number of carbonyl (C=O) groups excluding carboxylic acids is 2. The standard InChI is InChI=1S/2C9H12N6O2.H2O/c2*1-2-17-5(16)3-15-4-12-6-7(10)13-9(11)14-8(6)15;/h2*4H,2-3H2,1H3,(H4,10,11,13,14);1H2. The lowest BCUT2D eigenvalue weighted by molar-refractivity contribution is -0.144. The molecule has 0 aromatic carbocycles. The highest BCUT2D eigenvalue weighted by molar-refractivity contribution is 5.84. The van der Waals surface area contributed by atoms with Gasteiger partial charge in [-0.2, -0.15) is 19.9 Å². The predicted octanol–water partition coefficient (Wildman–Crippen LogP) is -1.72. The highest BCUT2D eigenvalue weighted by Gasteiger charge is 2.13. The lowest BCUT2D eigenvalue weighted by Crippen LogP contribution is -2.13. The van der Waals surface area contributed by atoms with Crippen molar-refractivity contribution in [2.24, 2.45) is 0 Å². The number of carbonyl (C=O) groups is 2. The lowest BCUT2D eigenvalue weighted by Gasteiger charge is -2.04. The van der Waals surface area contributed by atoms with E-state index in [1.165, 1.54) is 21.8 Å². The highest BCUT2D eigenvalue weighted by atomic mass is 16.5. The zero-order valence-electron chi connectivity index (χ0n) is 19.0. The van der Waals surface area contributed by atoms with Crippen LogP contribution in [-0.2, 0) is 32.2 Å². The Bertz CT molecular complexity index is 1230. The molecule has 4 aromatic rings. The number of rotatable bonds is 6. The molecule has 188 valence electrons. The van der Waals surface area contributed by atoms with E-state index in [4.69, 9.17) is 32.4 Å². The summed E-state index contributed by atoms with van der Waals surface area (Å²) in [6.07, 6.45) is 2.90. The maximum absolute atomic E-state index is 11.3. The van der Waals surface area contributed by atoms with Gasteiger partial charge in [-0.05, 0) is 13.8 Å². The number of nitrogen functional groups attached to an aromatic ring is 4. The van der Waals surface area contributed by atoms with Gasteiger partial charge in [0, 0.05) is 0 Å². The van der Waals surface area contributed by atoms with Crippen molar-refractivity contribution < 1.29 is 24.5 Å². The Morgan fingerprint density at radius 3 is 1.46 bits per heavy atom. The summed E-state index contributed by atoms with van der Waals surface area (Å²) in [7, 11) is 0. The minimum absolute atomic E-state index is 0. The maximum Gasteiger partial charge on any atom is 0.326 e. The van der Waals surface area contributed by atoms with Crippen LogP contribution in [-0.4, -0.2) is 69.7 Å². The van der Waals surface area contributed by atoms with Crippen molar-refractivity contribution in [3.8, 4) is 0 Å². The molecule has 0 aliphatic carbocycles. The van der Waals surface area contributed by atoms with Crippen LogP contribution < -0.4 is 22.9 Å². The second-order valence-electron chi connectivity index (χ2n) is 6.63. The molecule has 0 saturated heterocycles. The first kappa shape index (κ1) is 26.5. The summed E-state index contributed by atoms with van der Waals surface area (Å²) in [5.41, 5.74) is 23.9. The topological polar surface area (TPSA) is 275 Å². The van der Waals surface area contributed by atoms with Gasteiger partial charge in [-0.15, -0.1) is 0 Å². The van der Waals surface area contributed by atoms with Gasteiger partial charge in [-0.25, -0.2) is 9.97 Å². The lowest BCUT2D eigenvalue weighted by atomic mass is 10.5. The molecule has 0 fully saturated rings. The van der Waals surface area contributed by atoms with Crippen molar-refractivity contribution in [1.29, 1.82) is 0 Å². The van der Waals surface area contributed by atoms with E-state index < -0.39 is 0 Å².